The lowest BCUT2D eigenvalue weighted by Gasteiger charge is -2.13. The molecule has 0 saturated carbocycles. The first kappa shape index (κ1) is 18.4. The molecule has 0 bridgehead atoms. The van der Waals surface area contributed by atoms with E-state index >= 15 is 0 Å². The predicted octanol–water partition coefficient (Wildman–Crippen LogP) is 4.27. The van der Waals surface area contributed by atoms with Crippen LogP contribution in [0.3, 0.4) is 0 Å². The minimum absolute atomic E-state index is 0.168. The van der Waals surface area contributed by atoms with Gasteiger partial charge in [0.05, 0.1) is 23.3 Å². The molecule has 2 aromatic rings. The van der Waals surface area contributed by atoms with Crippen LogP contribution in [0.1, 0.15) is 18.1 Å². The van der Waals surface area contributed by atoms with Crippen molar-refractivity contribution in [2.75, 3.05) is 13.2 Å². The maximum absolute atomic E-state index is 10.7. The number of hydrogen-bond donors (Lipinski definition) is 1. The molecule has 0 saturated heterocycles. The number of carbonyl (C=O) groups is 1. The van der Waals surface area contributed by atoms with Gasteiger partial charge in [-0.05, 0) is 36.3 Å². The van der Waals surface area contributed by atoms with Crippen LogP contribution in [0.25, 0.3) is 11.6 Å². The molecule has 1 N–H and O–H groups in total. The van der Waals surface area contributed by atoms with E-state index in [0.717, 1.165) is 5.56 Å². The first-order valence-corrected chi connectivity index (χ1v) is 7.91. The summed E-state index contributed by atoms with van der Waals surface area (Å²) < 4.78 is 10.7. The molecular weight excluding hydrogens is 342 g/mol. The molecule has 0 heterocycles. The average molecular weight is 358 g/mol. The predicted molar refractivity (Wildman–Crippen MR) is 95.7 cm³/mol. The van der Waals surface area contributed by atoms with Crippen molar-refractivity contribution in [1.82, 2.24) is 0 Å². The molecular formula is C19H16ClNO4. The van der Waals surface area contributed by atoms with Gasteiger partial charge in [-0.25, -0.2) is 4.79 Å². The van der Waals surface area contributed by atoms with Crippen LogP contribution in [0, 0.1) is 11.3 Å². The van der Waals surface area contributed by atoms with E-state index < -0.39 is 12.6 Å². The third-order valence-electron chi connectivity index (χ3n) is 3.19. The minimum Gasteiger partial charge on any atom is -0.490 e. The summed E-state index contributed by atoms with van der Waals surface area (Å²) in [6.45, 7) is 1.63. The van der Waals surface area contributed by atoms with Crippen LogP contribution in [0.4, 0.5) is 0 Å². The molecule has 0 aliphatic rings. The lowest BCUT2D eigenvalue weighted by molar-refractivity contribution is -0.139. The SMILES string of the molecule is CCOc1cc(/C=C(\C#N)c2ccccc2)cc(Cl)c1OCC(=O)O. The van der Waals surface area contributed by atoms with Crippen molar-refractivity contribution in [2.45, 2.75) is 6.92 Å². The standard InChI is InChI=1S/C19H16ClNO4/c1-2-24-17-10-13(9-16(20)19(17)25-12-18(22)23)8-15(11-21)14-6-4-3-5-7-14/h3-10H,2,12H2,1H3,(H,22,23)/b15-8+. The number of nitrogens with zero attached hydrogens (tertiary/aromatic N) is 1. The van der Waals surface area contributed by atoms with Crippen LogP contribution in [0.5, 0.6) is 11.5 Å². The fourth-order valence-corrected chi connectivity index (χ4v) is 2.45. The van der Waals surface area contributed by atoms with Gasteiger partial charge in [-0.1, -0.05) is 41.9 Å². The van der Waals surface area contributed by atoms with E-state index in [-0.39, 0.29) is 10.8 Å². The Labute approximate surface area is 150 Å². The van der Waals surface area contributed by atoms with E-state index in [0.29, 0.717) is 23.5 Å². The Morgan fingerprint density at radius 3 is 2.60 bits per heavy atom. The average Bonchev–Trinajstić information content (AvgIpc) is 2.59. The number of allylic oxidation sites excluding steroid dienone is 1. The van der Waals surface area contributed by atoms with Gasteiger partial charge in [0.15, 0.2) is 18.1 Å². The Kier molecular flexibility index (Phi) is 6.44. The van der Waals surface area contributed by atoms with Crippen molar-refractivity contribution in [2.24, 2.45) is 0 Å². The third kappa shape index (κ3) is 5.00. The van der Waals surface area contributed by atoms with Crippen LogP contribution in [-0.2, 0) is 4.79 Å². The third-order valence-corrected chi connectivity index (χ3v) is 3.47. The van der Waals surface area contributed by atoms with E-state index in [4.69, 9.17) is 26.2 Å². The monoisotopic (exact) mass is 357 g/mol. The largest absolute Gasteiger partial charge is 0.490 e. The fourth-order valence-electron chi connectivity index (χ4n) is 2.17. The molecule has 0 aliphatic carbocycles. The van der Waals surface area contributed by atoms with Crippen LogP contribution >= 0.6 is 11.6 Å². The molecule has 2 aromatic carbocycles. The highest BCUT2D eigenvalue weighted by atomic mass is 35.5. The Morgan fingerprint density at radius 1 is 1.28 bits per heavy atom. The van der Waals surface area contributed by atoms with Gasteiger partial charge in [-0.15, -0.1) is 0 Å². The van der Waals surface area contributed by atoms with E-state index in [1.807, 2.05) is 30.3 Å². The van der Waals surface area contributed by atoms with Crippen LogP contribution in [0.15, 0.2) is 42.5 Å². The quantitative estimate of drug-likeness (QED) is 0.591. The second-order valence-corrected chi connectivity index (χ2v) is 5.39. The number of carboxylic acids is 1. The first-order chi connectivity index (χ1) is 12.0. The maximum atomic E-state index is 10.7. The van der Waals surface area contributed by atoms with E-state index in [1.165, 1.54) is 0 Å². The molecule has 25 heavy (non-hydrogen) atoms. The number of ether oxygens (including phenoxy) is 2. The molecule has 0 fully saturated rings. The zero-order chi connectivity index (χ0) is 18.2. The van der Waals surface area contributed by atoms with Gasteiger partial charge in [0.2, 0.25) is 0 Å². The minimum atomic E-state index is -1.11. The summed E-state index contributed by atoms with van der Waals surface area (Å²) in [4.78, 5) is 10.7. The van der Waals surface area contributed by atoms with E-state index in [9.17, 15) is 10.1 Å². The van der Waals surface area contributed by atoms with Gasteiger partial charge in [-0.3, -0.25) is 0 Å². The Balaban J connectivity index is 2.43. The molecule has 6 heteroatoms. The van der Waals surface area contributed by atoms with Crippen molar-refractivity contribution in [3.8, 4) is 17.6 Å². The number of halogens is 1. The van der Waals surface area contributed by atoms with Crippen molar-refractivity contribution in [3.05, 3.63) is 58.6 Å². The summed E-state index contributed by atoms with van der Waals surface area (Å²) in [5.74, 6) is -0.618. The number of aliphatic carboxylic acids is 1. The van der Waals surface area contributed by atoms with Crippen molar-refractivity contribution in [3.63, 3.8) is 0 Å². The van der Waals surface area contributed by atoms with Crippen LogP contribution < -0.4 is 9.47 Å². The van der Waals surface area contributed by atoms with Gasteiger partial charge in [0, 0.05) is 0 Å². The topological polar surface area (TPSA) is 79.5 Å². The fraction of sp³-hybridized carbons (Fsp3) is 0.158. The smallest absolute Gasteiger partial charge is 0.341 e. The summed E-state index contributed by atoms with van der Waals surface area (Å²) in [7, 11) is 0. The normalized spacial score (nSPS) is 10.8. The lowest BCUT2D eigenvalue weighted by Crippen LogP contribution is -2.10. The van der Waals surface area contributed by atoms with Gasteiger partial charge in [0.1, 0.15) is 0 Å². The number of hydrogen-bond acceptors (Lipinski definition) is 4. The number of carboxylic acid groups (broad SMARTS) is 1. The Bertz CT molecular complexity index is 825. The first-order valence-electron chi connectivity index (χ1n) is 7.53. The summed E-state index contributed by atoms with van der Waals surface area (Å²) in [6, 6.07) is 14.7. The van der Waals surface area contributed by atoms with Crippen LogP contribution in [0.2, 0.25) is 5.02 Å². The van der Waals surface area contributed by atoms with E-state index in [2.05, 4.69) is 6.07 Å². The van der Waals surface area contributed by atoms with Gasteiger partial charge in [-0.2, -0.15) is 5.26 Å². The molecule has 0 atom stereocenters. The molecule has 5 nitrogen and oxygen atoms in total. The lowest BCUT2D eigenvalue weighted by atomic mass is 10.0. The molecule has 128 valence electrons. The molecule has 0 aromatic heterocycles. The van der Waals surface area contributed by atoms with Crippen LogP contribution in [-0.4, -0.2) is 24.3 Å². The second-order valence-electron chi connectivity index (χ2n) is 4.98. The second kappa shape index (κ2) is 8.76. The Morgan fingerprint density at radius 2 is 2.00 bits per heavy atom. The number of benzene rings is 2. The summed E-state index contributed by atoms with van der Waals surface area (Å²) in [6.07, 6.45) is 1.69. The summed E-state index contributed by atoms with van der Waals surface area (Å²) >= 11 is 6.22. The molecule has 0 spiro atoms. The maximum Gasteiger partial charge on any atom is 0.341 e. The van der Waals surface area contributed by atoms with Crippen molar-refractivity contribution in [1.29, 1.82) is 5.26 Å². The molecule has 0 unspecified atom stereocenters. The zero-order valence-corrected chi connectivity index (χ0v) is 14.3. The highest BCUT2D eigenvalue weighted by molar-refractivity contribution is 6.32. The highest BCUT2D eigenvalue weighted by Crippen LogP contribution is 2.37. The molecule has 0 radical (unpaired) electrons. The Hall–Kier alpha value is -2.97. The molecule has 0 amide bonds. The van der Waals surface area contributed by atoms with Gasteiger partial charge in [0.25, 0.3) is 0 Å². The summed E-state index contributed by atoms with van der Waals surface area (Å²) in [5, 5.41) is 18.4. The zero-order valence-electron chi connectivity index (χ0n) is 13.5. The van der Waals surface area contributed by atoms with Gasteiger partial charge < -0.3 is 14.6 Å². The van der Waals surface area contributed by atoms with E-state index in [1.54, 1.807) is 25.1 Å². The number of rotatable bonds is 7. The summed E-state index contributed by atoms with van der Waals surface area (Å²) in [5.41, 5.74) is 1.90. The highest BCUT2D eigenvalue weighted by Gasteiger charge is 2.14. The van der Waals surface area contributed by atoms with Gasteiger partial charge >= 0.3 is 5.97 Å². The molecule has 2 rings (SSSR count). The van der Waals surface area contributed by atoms with Crippen molar-refractivity contribution < 1.29 is 19.4 Å². The van der Waals surface area contributed by atoms with Crippen molar-refractivity contribution >= 4 is 29.2 Å². The number of nitriles is 1. The molecule has 0 aliphatic heterocycles.